The van der Waals surface area contributed by atoms with E-state index >= 15 is 0 Å². The van der Waals surface area contributed by atoms with Gasteiger partial charge in [0.15, 0.2) is 0 Å². The van der Waals surface area contributed by atoms with Gasteiger partial charge in [-0.1, -0.05) is 0 Å². The van der Waals surface area contributed by atoms with Crippen LogP contribution in [-0.4, -0.2) is 45.4 Å². The molecule has 1 saturated heterocycles. The lowest BCUT2D eigenvalue weighted by Gasteiger charge is -2.15. The molecule has 6 heteroatoms. The lowest BCUT2D eigenvalue weighted by atomic mass is 10.1. The Bertz CT molecular complexity index is 731. The molecule has 0 unspecified atom stereocenters. The molecular weight excluding hydrogens is 302 g/mol. The minimum Gasteiger partial charge on any atom is -0.354 e. The number of nitrogens with zero attached hydrogens (tertiary/aromatic N) is 4. The van der Waals surface area contributed by atoms with Crippen LogP contribution in [0, 0.1) is 13.8 Å². The number of carbonyl (C=O) groups is 1. The first-order chi connectivity index (χ1) is 11.6. The fourth-order valence-electron chi connectivity index (χ4n) is 2.96. The van der Waals surface area contributed by atoms with Crippen molar-refractivity contribution >= 4 is 11.9 Å². The van der Waals surface area contributed by atoms with E-state index in [1.807, 2.05) is 36.9 Å². The lowest BCUT2D eigenvalue weighted by Crippen LogP contribution is -2.27. The van der Waals surface area contributed by atoms with E-state index in [1.54, 1.807) is 6.20 Å². The van der Waals surface area contributed by atoms with Crippen LogP contribution in [0.3, 0.4) is 0 Å². The molecule has 0 atom stereocenters. The molecule has 1 aliphatic heterocycles. The number of aromatic nitrogens is 3. The van der Waals surface area contributed by atoms with Crippen molar-refractivity contribution in [3.05, 3.63) is 35.8 Å². The zero-order valence-corrected chi connectivity index (χ0v) is 14.2. The highest BCUT2D eigenvalue weighted by Gasteiger charge is 2.18. The molecule has 1 amide bonds. The highest BCUT2D eigenvalue weighted by atomic mass is 16.2. The van der Waals surface area contributed by atoms with Gasteiger partial charge in [-0.15, -0.1) is 0 Å². The molecule has 24 heavy (non-hydrogen) atoms. The molecule has 1 N–H and O–H groups in total. The van der Waals surface area contributed by atoms with Crippen LogP contribution in [0.4, 0.5) is 5.95 Å². The summed E-state index contributed by atoms with van der Waals surface area (Å²) in [6.07, 6.45) is 4.34. The number of aryl methyl sites for hydroxylation is 2. The molecule has 0 aromatic carbocycles. The van der Waals surface area contributed by atoms with Crippen molar-refractivity contribution in [3.63, 3.8) is 0 Å². The summed E-state index contributed by atoms with van der Waals surface area (Å²) in [7, 11) is 0. The molecule has 1 aliphatic rings. The van der Waals surface area contributed by atoms with Crippen molar-refractivity contribution in [1.82, 2.24) is 19.9 Å². The van der Waals surface area contributed by atoms with Gasteiger partial charge in [-0.3, -0.25) is 9.78 Å². The quantitative estimate of drug-likeness (QED) is 0.827. The van der Waals surface area contributed by atoms with Gasteiger partial charge in [0.05, 0.1) is 5.69 Å². The molecule has 3 rings (SSSR count). The van der Waals surface area contributed by atoms with Gasteiger partial charge in [0.2, 0.25) is 11.9 Å². The van der Waals surface area contributed by atoms with Gasteiger partial charge in [0.1, 0.15) is 0 Å². The maximum Gasteiger partial charge on any atom is 0.223 e. The van der Waals surface area contributed by atoms with Gasteiger partial charge in [-0.2, -0.15) is 0 Å². The van der Waals surface area contributed by atoms with E-state index in [4.69, 9.17) is 0 Å². The summed E-state index contributed by atoms with van der Waals surface area (Å²) < 4.78 is 0. The summed E-state index contributed by atoms with van der Waals surface area (Å²) in [5.41, 5.74) is 3.85. The molecule has 1 fully saturated rings. The topological polar surface area (TPSA) is 71.0 Å². The van der Waals surface area contributed by atoms with E-state index < -0.39 is 0 Å². The number of amides is 1. The van der Waals surface area contributed by atoms with Crippen LogP contribution < -0.4 is 5.32 Å². The minimum atomic E-state index is 0.274. The molecule has 6 nitrogen and oxygen atoms in total. The predicted molar refractivity (Wildman–Crippen MR) is 93.7 cm³/mol. The van der Waals surface area contributed by atoms with E-state index in [0.29, 0.717) is 12.4 Å². The third-order valence-corrected chi connectivity index (χ3v) is 4.22. The fourth-order valence-corrected chi connectivity index (χ4v) is 2.96. The molecule has 0 aliphatic carbocycles. The number of hydrogen-bond acceptors (Lipinski definition) is 5. The monoisotopic (exact) mass is 325 g/mol. The highest BCUT2D eigenvalue weighted by molar-refractivity contribution is 5.78. The smallest absolute Gasteiger partial charge is 0.223 e. The van der Waals surface area contributed by atoms with Crippen LogP contribution in [0.1, 0.15) is 30.7 Å². The SMILES string of the molecule is Cc1ccc(-c2ccnc(NCCCN3CCCC3=O)n2)c(C)n1. The molecular formula is C18H23N5O. The predicted octanol–water partition coefficient (Wildman–Crippen LogP) is 2.58. The van der Waals surface area contributed by atoms with Gasteiger partial charge >= 0.3 is 0 Å². The Morgan fingerprint density at radius 1 is 1.21 bits per heavy atom. The van der Waals surface area contributed by atoms with Crippen LogP contribution in [0.5, 0.6) is 0 Å². The van der Waals surface area contributed by atoms with Gasteiger partial charge < -0.3 is 10.2 Å². The fraction of sp³-hybridized carbons (Fsp3) is 0.444. The normalized spacial score (nSPS) is 14.2. The van der Waals surface area contributed by atoms with Crippen molar-refractivity contribution in [1.29, 1.82) is 0 Å². The lowest BCUT2D eigenvalue weighted by molar-refractivity contribution is -0.127. The first kappa shape index (κ1) is 16.4. The average molecular weight is 325 g/mol. The van der Waals surface area contributed by atoms with Crippen LogP contribution in [0.2, 0.25) is 0 Å². The standard InChI is InChI=1S/C18H23N5O/c1-13-6-7-15(14(2)21-13)16-8-10-20-18(22-16)19-9-4-12-23-11-3-5-17(23)24/h6-8,10H,3-5,9,11-12H2,1-2H3,(H,19,20,22). The summed E-state index contributed by atoms with van der Waals surface area (Å²) in [6.45, 7) is 6.41. The van der Waals surface area contributed by atoms with Crippen molar-refractivity contribution in [2.75, 3.05) is 25.0 Å². The Morgan fingerprint density at radius 3 is 2.83 bits per heavy atom. The number of rotatable bonds is 6. The van der Waals surface area contributed by atoms with E-state index in [-0.39, 0.29) is 5.91 Å². The van der Waals surface area contributed by atoms with Crippen LogP contribution in [-0.2, 0) is 4.79 Å². The number of nitrogens with one attached hydrogen (secondary N) is 1. The zero-order chi connectivity index (χ0) is 16.9. The molecule has 3 heterocycles. The Labute approximate surface area is 142 Å². The summed E-state index contributed by atoms with van der Waals surface area (Å²) in [5.74, 6) is 0.885. The van der Waals surface area contributed by atoms with E-state index in [2.05, 4.69) is 20.3 Å². The molecule has 2 aromatic heterocycles. The number of hydrogen-bond donors (Lipinski definition) is 1. The largest absolute Gasteiger partial charge is 0.354 e. The van der Waals surface area contributed by atoms with Gasteiger partial charge in [0, 0.05) is 49.2 Å². The van der Waals surface area contributed by atoms with Crippen LogP contribution >= 0.6 is 0 Å². The molecule has 2 aromatic rings. The van der Waals surface area contributed by atoms with E-state index in [1.165, 1.54) is 0 Å². The second kappa shape index (κ2) is 7.38. The van der Waals surface area contributed by atoms with Gasteiger partial charge in [-0.25, -0.2) is 9.97 Å². The van der Waals surface area contributed by atoms with Crippen molar-refractivity contribution in [2.45, 2.75) is 33.1 Å². The van der Waals surface area contributed by atoms with Crippen molar-refractivity contribution in [2.24, 2.45) is 0 Å². The molecule has 0 saturated carbocycles. The average Bonchev–Trinajstić information content (AvgIpc) is 2.97. The van der Waals surface area contributed by atoms with E-state index in [9.17, 15) is 4.79 Å². The second-order valence-corrected chi connectivity index (χ2v) is 6.12. The third-order valence-electron chi connectivity index (χ3n) is 4.22. The van der Waals surface area contributed by atoms with Crippen molar-refractivity contribution in [3.8, 4) is 11.3 Å². The van der Waals surface area contributed by atoms with Gasteiger partial charge in [0.25, 0.3) is 0 Å². The maximum atomic E-state index is 11.6. The summed E-state index contributed by atoms with van der Waals surface area (Å²) in [4.78, 5) is 26.8. The summed E-state index contributed by atoms with van der Waals surface area (Å²) in [5, 5.41) is 3.24. The van der Waals surface area contributed by atoms with E-state index in [0.717, 1.165) is 55.1 Å². The minimum absolute atomic E-state index is 0.274. The first-order valence-corrected chi connectivity index (χ1v) is 8.43. The number of likely N-dealkylation sites (tertiary alicyclic amines) is 1. The number of pyridine rings is 1. The molecule has 0 spiro atoms. The number of carbonyl (C=O) groups excluding carboxylic acids is 1. The molecule has 126 valence electrons. The summed E-state index contributed by atoms with van der Waals surface area (Å²) in [6, 6.07) is 5.93. The maximum absolute atomic E-state index is 11.6. The molecule has 0 radical (unpaired) electrons. The van der Waals surface area contributed by atoms with Crippen LogP contribution in [0.25, 0.3) is 11.3 Å². The Morgan fingerprint density at radius 2 is 2.08 bits per heavy atom. The Balaban J connectivity index is 1.58. The highest BCUT2D eigenvalue weighted by Crippen LogP contribution is 2.20. The Kier molecular flexibility index (Phi) is 5.03. The zero-order valence-electron chi connectivity index (χ0n) is 14.2. The molecule has 0 bridgehead atoms. The third kappa shape index (κ3) is 3.88. The summed E-state index contributed by atoms with van der Waals surface area (Å²) >= 11 is 0. The first-order valence-electron chi connectivity index (χ1n) is 8.43. The van der Waals surface area contributed by atoms with Crippen molar-refractivity contribution < 1.29 is 4.79 Å². The second-order valence-electron chi connectivity index (χ2n) is 6.12. The van der Waals surface area contributed by atoms with Gasteiger partial charge in [-0.05, 0) is 44.9 Å². The van der Waals surface area contributed by atoms with Crippen LogP contribution in [0.15, 0.2) is 24.4 Å². The number of anilines is 1. The Hall–Kier alpha value is -2.50.